The van der Waals surface area contributed by atoms with E-state index in [-0.39, 0.29) is 36.8 Å². The Labute approximate surface area is 131 Å². The van der Waals surface area contributed by atoms with Crippen LogP contribution in [0, 0.1) is 0 Å². The molecular weight excluding hydrogens is 301 g/mol. The zero-order chi connectivity index (χ0) is 13.1. The van der Waals surface area contributed by atoms with Crippen LogP contribution >= 0.6 is 24.8 Å². The lowest BCUT2D eigenvalue weighted by molar-refractivity contribution is -0.122. The van der Waals surface area contributed by atoms with Gasteiger partial charge in [0, 0.05) is 32.4 Å². The summed E-state index contributed by atoms with van der Waals surface area (Å²) in [4.78, 5) is 13.8. The summed E-state index contributed by atoms with van der Waals surface area (Å²) in [5.74, 6) is -0.0759. The summed E-state index contributed by atoms with van der Waals surface area (Å²) >= 11 is 0. The minimum Gasteiger partial charge on any atom is -0.367 e. The van der Waals surface area contributed by atoms with Crippen LogP contribution in [0.3, 0.4) is 0 Å². The first-order chi connectivity index (χ1) is 8.56. The minimum absolute atomic E-state index is 0. The Hall–Kier alpha value is -0.980. The third-order valence-corrected chi connectivity index (χ3v) is 3.24. The zero-order valence-electron chi connectivity index (χ0n) is 11.8. The number of amides is 1. The minimum atomic E-state index is -0.446. The van der Waals surface area contributed by atoms with Crippen molar-refractivity contribution >= 4 is 36.4 Å². The van der Waals surface area contributed by atoms with E-state index >= 15 is 0 Å². The van der Waals surface area contributed by atoms with Crippen LogP contribution in [0.2, 0.25) is 0 Å². The van der Waals surface area contributed by atoms with E-state index in [1.54, 1.807) is 11.6 Å². The topological polar surface area (TPSA) is 76.2 Å². The molecule has 1 aromatic heterocycles. The maximum Gasteiger partial charge on any atom is 0.236 e. The van der Waals surface area contributed by atoms with Crippen molar-refractivity contribution in [2.24, 2.45) is 12.8 Å². The molecule has 0 aromatic carbocycles. The van der Waals surface area contributed by atoms with Crippen LogP contribution in [0.4, 0.5) is 5.69 Å². The normalized spacial score (nSPS) is 19.6. The predicted octanol–water partition coefficient (Wildman–Crippen LogP) is 0.696. The summed E-state index contributed by atoms with van der Waals surface area (Å²) in [5.41, 5.74) is 6.67. The second kappa shape index (κ2) is 8.34. The van der Waals surface area contributed by atoms with Gasteiger partial charge in [-0.25, -0.2) is 0 Å². The van der Waals surface area contributed by atoms with Crippen LogP contribution in [0.1, 0.15) is 19.8 Å². The highest BCUT2D eigenvalue weighted by Crippen LogP contribution is 2.18. The largest absolute Gasteiger partial charge is 0.367 e. The fourth-order valence-electron chi connectivity index (χ4n) is 2.23. The summed E-state index contributed by atoms with van der Waals surface area (Å²) in [6.45, 7) is 3.54. The Morgan fingerprint density at radius 2 is 2.25 bits per heavy atom. The molecule has 8 heteroatoms. The SMILES string of the molecule is C[C@@H](N)C(=O)NC1CCCN(c2cnn(C)c2)C1.Cl.Cl. The number of halogens is 2. The highest BCUT2D eigenvalue weighted by Gasteiger charge is 2.23. The molecule has 2 heterocycles. The second-order valence-electron chi connectivity index (χ2n) is 4.95. The Balaban J connectivity index is 0.00000180. The second-order valence-corrected chi connectivity index (χ2v) is 4.95. The van der Waals surface area contributed by atoms with Crippen LogP contribution in [0.25, 0.3) is 0 Å². The van der Waals surface area contributed by atoms with E-state index < -0.39 is 6.04 Å². The zero-order valence-corrected chi connectivity index (χ0v) is 13.4. The first kappa shape index (κ1) is 19.0. The third-order valence-electron chi connectivity index (χ3n) is 3.24. The fourth-order valence-corrected chi connectivity index (χ4v) is 2.23. The van der Waals surface area contributed by atoms with Crippen LogP contribution in [-0.4, -0.2) is 40.9 Å². The number of carbonyl (C=O) groups excluding carboxylic acids is 1. The number of nitrogens with two attached hydrogens (primary N) is 1. The molecule has 0 spiro atoms. The van der Waals surface area contributed by atoms with E-state index in [4.69, 9.17) is 5.73 Å². The standard InChI is InChI=1S/C12H21N5O.2ClH/c1-9(13)12(18)15-10-4-3-5-17(7-10)11-6-14-16(2)8-11;;/h6,8-10H,3-5,7,13H2,1-2H3,(H,15,18);2*1H/t9-,10?;;/m1../s1. The molecule has 0 aliphatic carbocycles. The molecule has 1 unspecified atom stereocenters. The molecule has 0 saturated carbocycles. The number of aromatic nitrogens is 2. The third kappa shape index (κ3) is 4.85. The monoisotopic (exact) mass is 323 g/mol. The molecule has 1 aliphatic heterocycles. The van der Waals surface area contributed by atoms with Gasteiger partial charge in [-0.3, -0.25) is 9.48 Å². The molecule has 6 nitrogen and oxygen atoms in total. The number of anilines is 1. The average molecular weight is 324 g/mol. The fraction of sp³-hybridized carbons (Fsp3) is 0.667. The van der Waals surface area contributed by atoms with Gasteiger partial charge in [0.05, 0.1) is 17.9 Å². The van der Waals surface area contributed by atoms with Crippen molar-refractivity contribution in [1.29, 1.82) is 0 Å². The molecule has 1 aliphatic rings. The van der Waals surface area contributed by atoms with Crippen molar-refractivity contribution in [2.45, 2.75) is 31.8 Å². The smallest absolute Gasteiger partial charge is 0.236 e. The van der Waals surface area contributed by atoms with Crippen molar-refractivity contribution in [3.8, 4) is 0 Å². The van der Waals surface area contributed by atoms with Crippen molar-refractivity contribution < 1.29 is 4.79 Å². The number of carbonyl (C=O) groups is 1. The number of nitrogens with zero attached hydrogens (tertiary/aromatic N) is 3. The van der Waals surface area contributed by atoms with Gasteiger partial charge in [-0.15, -0.1) is 24.8 Å². The van der Waals surface area contributed by atoms with Gasteiger partial charge >= 0.3 is 0 Å². The molecule has 1 amide bonds. The van der Waals surface area contributed by atoms with Gasteiger partial charge in [0.2, 0.25) is 5.91 Å². The van der Waals surface area contributed by atoms with Gasteiger partial charge in [0.1, 0.15) is 0 Å². The van der Waals surface area contributed by atoms with Gasteiger partial charge in [0.25, 0.3) is 0 Å². The van der Waals surface area contributed by atoms with Crippen molar-refractivity contribution in [3.05, 3.63) is 12.4 Å². The number of aryl methyl sites for hydroxylation is 1. The van der Waals surface area contributed by atoms with Crippen molar-refractivity contribution in [2.75, 3.05) is 18.0 Å². The molecular formula is C12H23Cl2N5O. The lowest BCUT2D eigenvalue weighted by Crippen LogP contribution is -2.51. The number of hydrogen-bond donors (Lipinski definition) is 2. The molecule has 0 radical (unpaired) electrons. The Bertz CT molecular complexity index is 424. The summed E-state index contributed by atoms with van der Waals surface area (Å²) < 4.78 is 1.79. The number of nitrogens with one attached hydrogen (secondary N) is 1. The molecule has 2 rings (SSSR count). The van der Waals surface area contributed by atoms with Gasteiger partial charge in [-0.2, -0.15) is 5.10 Å². The molecule has 1 saturated heterocycles. The van der Waals surface area contributed by atoms with E-state index in [0.29, 0.717) is 0 Å². The Morgan fingerprint density at radius 3 is 2.80 bits per heavy atom. The van der Waals surface area contributed by atoms with Crippen LogP contribution < -0.4 is 16.0 Å². The van der Waals surface area contributed by atoms with E-state index in [1.807, 2.05) is 19.4 Å². The van der Waals surface area contributed by atoms with Crippen molar-refractivity contribution in [1.82, 2.24) is 15.1 Å². The van der Waals surface area contributed by atoms with Gasteiger partial charge < -0.3 is 16.0 Å². The molecule has 2 atom stereocenters. The Kier molecular flexibility index (Phi) is 7.93. The predicted molar refractivity (Wildman–Crippen MR) is 84.7 cm³/mol. The number of piperidine rings is 1. The summed E-state index contributed by atoms with van der Waals surface area (Å²) in [6.07, 6.45) is 5.93. The van der Waals surface area contributed by atoms with E-state index in [2.05, 4.69) is 15.3 Å². The van der Waals surface area contributed by atoms with Gasteiger partial charge in [0.15, 0.2) is 0 Å². The summed E-state index contributed by atoms with van der Waals surface area (Å²) in [6, 6.07) is -0.267. The van der Waals surface area contributed by atoms with Crippen LogP contribution in [0.15, 0.2) is 12.4 Å². The average Bonchev–Trinajstić information content (AvgIpc) is 2.76. The molecule has 0 bridgehead atoms. The number of hydrogen-bond acceptors (Lipinski definition) is 4. The van der Waals surface area contributed by atoms with E-state index in [1.165, 1.54) is 0 Å². The van der Waals surface area contributed by atoms with Crippen molar-refractivity contribution in [3.63, 3.8) is 0 Å². The molecule has 1 fully saturated rings. The van der Waals surface area contributed by atoms with E-state index in [0.717, 1.165) is 31.6 Å². The highest BCUT2D eigenvalue weighted by molar-refractivity contribution is 5.85. The number of rotatable bonds is 3. The molecule has 3 N–H and O–H groups in total. The first-order valence-corrected chi connectivity index (χ1v) is 6.36. The summed E-state index contributed by atoms with van der Waals surface area (Å²) in [5, 5.41) is 7.17. The van der Waals surface area contributed by atoms with Gasteiger partial charge in [-0.05, 0) is 19.8 Å². The van der Waals surface area contributed by atoms with Gasteiger partial charge in [-0.1, -0.05) is 0 Å². The lowest BCUT2D eigenvalue weighted by atomic mass is 10.1. The maximum absolute atomic E-state index is 11.6. The van der Waals surface area contributed by atoms with Crippen LogP contribution in [-0.2, 0) is 11.8 Å². The first-order valence-electron chi connectivity index (χ1n) is 6.36. The van der Waals surface area contributed by atoms with Crippen LogP contribution in [0.5, 0.6) is 0 Å². The molecule has 116 valence electrons. The Morgan fingerprint density at radius 1 is 1.55 bits per heavy atom. The quantitative estimate of drug-likeness (QED) is 0.858. The lowest BCUT2D eigenvalue weighted by Gasteiger charge is -2.34. The molecule has 1 aromatic rings. The summed E-state index contributed by atoms with van der Waals surface area (Å²) in [7, 11) is 1.91. The van der Waals surface area contributed by atoms with E-state index in [9.17, 15) is 4.79 Å². The maximum atomic E-state index is 11.6. The highest BCUT2D eigenvalue weighted by atomic mass is 35.5. The molecule has 20 heavy (non-hydrogen) atoms.